The summed E-state index contributed by atoms with van der Waals surface area (Å²) in [5.74, 6) is 0. The maximum atomic E-state index is 8.63. The Morgan fingerprint density at radius 3 is 1.82 bits per heavy atom. The van der Waals surface area contributed by atoms with Gasteiger partial charge in [-0.05, 0) is 25.7 Å². The first-order chi connectivity index (χ1) is 8.41. The number of aliphatic hydroxyl groups excluding tert-OH is 1. The van der Waals surface area contributed by atoms with Crippen LogP contribution >= 0.6 is 0 Å². The zero-order valence-electron chi connectivity index (χ0n) is 11.5. The molecule has 0 atom stereocenters. The zero-order valence-corrected chi connectivity index (χ0v) is 11.5. The molecule has 0 aliphatic carbocycles. The SMILES string of the molecule is CCCC=CC=CCCCCCCCCCO. The predicted molar refractivity (Wildman–Crippen MR) is 77.2 cm³/mol. The average molecular weight is 238 g/mol. The van der Waals surface area contributed by atoms with Crippen molar-refractivity contribution in [3.8, 4) is 0 Å². The summed E-state index contributed by atoms with van der Waals surface area (Å²) in [7, 11) is 0. The van der Waals surface area contributed by atoms with E-state index in [9.17, 15) is 0 Å². The molecule has 0 aliphatic rings. The van der Waals surface area contributed by atoms with E-state index in [1.54, 1.807) is 0 Å². The third kappa shape index (κ3) is 15.4. The molecule has 0 saturated heterocycles. The molecule has 0 spiro atoms. The van der Waals surface area contributed by atoms with Gasteiger partial charge in [-0.2, -0.15) is 0 Å². The minimum Gasteiger partial charge on any atom is -0.396 e. The lowest BCUT2D eigenvalue weighted by atomic mass is 10.1. The van der Waals surface area contributed by atoms with Gasteiger partial charge in [-0.1, -0.05) is 69.8 Å². The number of hydrogen-bond acceptors (Lipinski definition) is 1. The Morgan fingerprint density at radius 1 is 0.706 bits per heavy atom. The minimum absolute atomic E-state index is 0.357. The molecule has 1 heteroatoms. The highest BCUT2D eigenvalue weighted by atomic mass is 16.2. The van der Waals surface area contributed by atoms with Gasteiger partial charge in [0.15, 0.2) is 0 Å². The summed E-state index contributed by atoms with van der Waals surface area (Å²) in [6.45, 7) is 2.56. The van der Waals surface area contributed by atoms with Gasteiger partial charge in [0.1, 0.15) is 0 Å². The number of hydrogen-bond donors (Lipinski definition) is 1. The lowest BCUT2D eigenvalue weighted by Gasteiger charge is -1.99. The summed E-state index contributed by atoms with van der Waals surface area (Å²) < 4.78 is 0. The molecule has 0 amide bonds. The predicted octanol–water partition coefficient (Wildman–Crippen LogP) is 5.01. The Hall–Kier alpha value is -0.560. The highest BCUT2D eigenvalue weighted by Gasteiger charge is 1.90. The highest BCUT2D eigenvalue weighted by molar-refractivity contribution is 5.02. The van der Waals surface area contributed by atoms with Crippen LogP contribution in [0.2, 0.25) is 0 Å². The number of unbranched alkanes of at least 4 members (excludes halogenated alkanes) is 8. The summed E-state index contributed by atoms with van der Waals surface area (Å²) in [5.41, 5.74) is 0. The molecule has 0 aromatic carbocycles. The van der Waals surface area contributed by atoms with Gasteiger partial charge in [0.25, 0.3) is 0 Å². The Labute approximate surface area is 108 Å². The van der Waals surface area contributed by atoms with Gasteiger partial charge in [0, 0.05) is 6.61 Å². The summed E-state index contributed by atoms with van der Waals surface area (Å²) in [5, 5.41) is 8.63. The zero-order chi connectivity index (χ0) is 12.6. The quantitative estimate of drug-likeness (QED) is 0.374. The van der Waals surface area contributed by atoms with E-state index < -0.39 is 0 Å². The van der Waals surface area contributed by atoms with E-state index >= 15 is 0 Å². The van der Waals surface area contributed by atoms with Gasteiger partial charge < -0.3 is 5.11 Å². The molecule has 0 bridgehead atoms. The van der Waals surface area contributed by atoms with Gasteiger partial charge >= 0.3 is 0 Å². The normalized spacial score (nSPS) is 11.9. The van der Waals surface area contributed by atoms with E-state index in [0.717, 1.165) is 6.42 Å². The lowest BCUT2D eigenvalue weighted by Crippen LogP contribution is -1.83. The molecule has 100 valence electrons. The van der Waals surface area contributed by atoms with Crippen LogP contribution in [0.4, 0.5) is 0 Å². The number of rotatable bonds is 12. The van der Waals surface area contributed by atoms with Crippen LogP contribution < -0.4 is 0 Å². The van der Waals surface area contributed by atoms with Crippen molar-refractivity contribution in [1.29, 1.82) is 0 Å². The molecule has 17 heavy (non-hydrogen) atoms. The van der Waals surface area contributed by atoms with E-state index in [1.165, 1.54) is 57.8 Å². The minimum atomic E-state index is 0.357. The second-order valence-corrected chi connectivity index (χ2v) is 4.63. The van der Waals surface area contributed by atoms with Crippen molar-refractivity contribution in [3.63, 3.8) is 0 Å². The average Bonchev–Trinajstić information content (AvgIpc) is 2.35. The van der Waals surface area contributed by atoms with Crippen LogP contribution in [0, 0.1) is 0 Å². The third-order valence-corrected chi connectivity index (χ3v) is 2.87. The molecule has 0 aromatic heterocycles. The second kappa shape index (κ2) is 15.4. The van der Waals surface area contributed by atoms with Crippen molar-refractivity contribution in [3.05, 3.63) is 24.3 Å². The van der Waals surface area contributed by atoms with Crippen molar-refractivity contribution >= 4 is 0 Å². The molecule has 0 saturated carbocycles. The second-order valence-electron chi connectivity index (χ2n) is 4.63. The van der Waals surface area contributed by atoms with Crippen LogP contribution in [-0.4, -0.2) is 11.7 Å². The molecule has 1 N–H and O–H groups in total. The van der Waals surface area contributed by atoms with Gasteiger partial charge in [0.05, 0.1) is 0 Å². The molecular formula is C16H30O. The van der Waals surface area contributed by atoms with Gasteiger partial charge in [0.2, 0.25) is 0 Å². The lowest BCUT2D eigenvalue weighted by molar-refractivity contribution is 0.282. The topological polar surface area (TPSA) is 20.2 Å². The molecular weight excluding hydrogens is 208 g/mol. The fourth-order valence-electron chi connectivity index (χ4n) is 1.77. The maximum Gasteiger partial charge on any atom is 0.0431 e. The van der Waals surface area contributed by atoms with Gasteiger partial charge in [-0.15, -0.1) is 0 Å². The molecule has 0 fully saturated rings. The van der Waals surface area contributed by atoms with Crippen LogP contribution in [-0.2, 0) is 0 Å². The van der Waals surface area contributed by atoms with Gasteiger partial charge in [-0.25, -0.2) is 0 Å². The van der Waals surface area contributed by atoms with Crippen molar-refractivity contribution in [1.82, 2.24) is 0 Å². The maximum absolute atomic E-state index is 8.63. The molecule has 0 aromatic rings. The Bertz CT molecular complexity index is 182. The Balaban J connectivity index is 3.07. The molecule has 0 aliphatic heterocycles. The largest absolute Gasteiger partial charge is 0.396 e. The van der Waals surface area contributed by atoms with Crippen LogP contribution in [0.5, 0.6) is 0 Å². The fourth-order valence-corrected chi connectivity index (χ4v) is 1.77. The van der Waals surface area contributed by atoms with Crippen molar-refractivity contribution in [2.75, 3.05) is 6.61 Å². The van der Waals surface area contributed by atoms with Crippen LogP contribution in [0.15, 0.2) is 24.3 Å². The Kier molecular flexibility index (Phi) is 14.9. The number of allylic oxidation sites excluding steroid dienone is 4. The highest BCUT2D eigenvalue weighted by Crippen LogP contribution is 2.08. The molecule has 0 unspecified atom stereocenters. The van der Waals surface area contributed by atoms with Crippen LogP contribution in [0.25, 0.3) is 0 Å². The first-order valence-corrected chi connectivity index (χ1v) is 7.34. The van der Waals surface area contributed by atoms with Crippen LogP contribution in [0.1, 0.15) is 71.1 Å². The first kappa shape index (κ1) is 16.4. The summed E-state index contributed by atoms with van der Waals surface area (Å²) in [6, 6.07) is 0. The van der Waals surface area contributed by atoms with E-state index in [4.69, 9.17) is 5.11 Å². The van der Waals surface area contributed by atoms with E-state index in [0.29, 0.717) is 6.61 Å². The standard InChI is InChI=1S/C16H30O/c1-2-3-4-5-6-7-8-9-10-11-12-13-14-15-16-17/h4-7,17H,2-3,8-16H2,1H3. The van der Waals surface area contributed by atoms with Crippen molar-refractivity contribution in [2.45, 2.75) is 71.1 Å². The smallest absolute Gasteiger partial charge is 0.0431 e. The van der Waals surface area contributed by atoms with E-state index in [2.05, 4.69) is 31.2 Å². The van der Waals surface area contributed by atoms with Crippen LogP contribution in [0.3, 0.4) is 0 Å². The molecule has 0 rings (SSSR count). The van der Waals surface area contributed by atoms with Gasteiger partial charge in [-0.3, -0.25) is 0 Å². The monoisotopic (exact) mass is 238 g/mol. The fraction of sp³-hybridized carbons (Fsp3) is 0.750. The third-order valence-electron chi connectivity index (χ3n) is 2.87. The van der Waals surface area contributed by atoms with Crippen molar-refractivity contribution < 1.29 is 5.11 Å². The summed E-state index contributed by atoms with van der Waals surface area (Å²) in [4.78, 5) is 0. The summed E-state index contributed by atoms with van der Waals surface area (Å²) in [6.07, 6.45) is 21.3. The van der Waals surface area contributed by atoms with Crippen molar-refractivity contribution in [2.24, 2.45) is 0 Å². The molecule has 1 nitrogen and oxygen atoms in total. The van der Waals surface area contributed by atoms with E-state index in [-0.39, 0.29) is 0 Å². The number of aliphatic hydroxyl groups is 1. The Morgan fingerprint density at radius 2 is 1.24 bits per heavy atom. The molecule has 0 radical (unpaired) electrons. The molecule has 0 heterocycles. The summed E-state index contributed by atoms with van der Waals surface area (Å²) >= 11 is 0. The van der Waals surface area contributed by atoms with E-state index in [1.807, 2.05) is 0 Å². The first-order valence-electron chi connectivity index (χ1n) is 7.34.